The highest BCUT2D eigenvalue weighted by molar-refractivity contribution is 4.59. The summed E-state index contributed by atoms with van der Waals surface area (Å²) < 4.78 is 0. The summed E-state index contributed by atoms with van der Waals surface area (Å²) in [5.74, 6) is 0. The predicted octanol–water partition coefficient (Wildman–Crippen LogP) is -2.45. The molecule has 2 rings (SSSR count). The van der Waals surface area contributed by atoms with Crippen molar-refractivity contribution in [1.29, 1.82) is 0 Å². The lowest BCUT2D eigenvalue weighted by atomic mass is 10.7. The van der Waals surface area contributed by atoms with Crippen LogP contribution in [-0.4, -0.2) is 36.7 Å². The van der Waals surface area contributed by atoms with Gasteiger partial charge in [0.25, 0.3) is 0 Å². The van der Waals surface area contributed by atoms with E-state index in [0.29, 0.717) is 0 Å². The molecule has 2 aliphatic heterocycles. The highest BCUT2D eigenvalue weighted by Crippen LogP contribution is 1.93. The molecule has 0 atom stereocenters. The van der Waals surface area contributed by atoms with Crippen LogP contribution in [0.5, 0.6) is 0 Å². The van der Waals surface area contributed by atoms with Crippen LogP contribution >= 0.6 is 0 Å². The first-order chi connectivity index (χ1) is 4.97. The van der Waals surface area contributed by atoms with Gasteiger partial charge in [0, 0.05) is 13.1 Å². The average molecular weight is 144 g/mol. The van der Waals surface area contributed by atoms with Crippen molar-refractivity contribution >= 4 is 0 Å². The van der Waals surface area contributed by atoms with Gasteiger partial charge in [0.1, 0.15) is 0 Å². The molecule has 0 amide bonds. The second-order valence-corrected chi connectivity index (χ2v) is 2.30. The van der Waals surface area contributed by atoms with E-state index in [1.54, 1.807) is 0 Å². The Morgan fingerprint density at radius 2 is 2.20 bits per heavy atom. The van der Waals surface area contributed by atoms with Crippen molar-refractivity contribution in [1.82, 2.24) is 31.9 Å². The zero-order valence-corrected chi connectivity index (χ0v) is 5.72. The Kier molecular flexibility index (Phi) is 1.80. The van der Waals surface area contributed by atoms with Gasteiger partial charge in [-0.15, -0.1) is 10.2 Å². The molecule has 4 N–H and O–H groups in total. The lowest BCUT2D eigenvalue weighted by molar-refractivity contribution is -0.0693. The van der Waals surface area contributed by atoms with E-state index in [9.17, 15) is 0 Å². The number of hydrazine groups is 4. The molecular formula is C4H12N6. The van der Waals surface area contributed by atoms with Gasteiger partial charge in [-0.1, -0.05) is 0 Å². The van der Waals surface area contributed by atoms with Crippen molar-refractivity contribution < 1.29 is 0 Å². The molecule has 0 aliphatic carbocycles. The number of hydrogen-bond donors (Lipinski definition) is 4. The van der Waals surface area contributed by atoms with Gasteiger partial charge in [-0.05, 0) is 0 Å². The smallest absolute Gasteiger partial charge is 0.0807 e. The first-order valence-corrected chi connectivity index (χ1v) is 3.44. The van der Waals surface area contributed by atoms with Crippen molar-refractivity contribution in [3.05, 3.63) is 0 Å². The molecule has 6 nitrogen and oxygen atoms in total. The number of rotatable bonds is 1. The Balaban J connectivity index is 1.85. The highest BCUT2D eigenvalue weighted by atomic mass is 16.0. The topological polar surface area (TPSA) is 54.6 Å². The Labute approximate surface area is 59.4 Å². The second kappa shape index (κ2) is 2.79. The van der Waals surface area contributed by atoms with E-state index in [-0.39, 0.29) is 0 Å². The molecule has 0 aromatic heterocycles. The van der Waals surface area contributed by atoms with Crippen LogP contribution in [0.1, 0.15) is 0 Å². The summed E-state index contributed by atoms with van der Waals surface area (Å²) in [7, 11) is 0. The molecule has 58 valence electrons. The fraction of sp³-hybridized carbons (Fsp3) is 1.00. The Morgan fingerprint density at radius 1 is 1.20 bits per heavy atom. The van der Waals surface area contributed by atoms with Crippen LogP contribution in [0, 0.1) is 0 Å². The van der Waals surface area contributed by atoms with Gasteiger partial charge in [0.15, 0.2) is 0 Å². The molecule has 10 heavy (non-hydrogen) atoms. The van der Waals surface area contributed by atoms with E-state index in [1.807, 2.05) is 10.2 Å². The molecule has 2 aliphatic rings. The molecule has 0 saturated carbocycles. The largest absolute Gasteiger partial charge is 0.288 e. The summed E-state index contributed by atoms with van der Waals surface area (Å²) in [6.45, 7) is 3.68. The average Bonchev–Trinajstić information content (AvgIpc) is 2.59. The Hall–Kier alpha value is -0.240. The van der Waals surface area contributed by atoms with Gasteiger partial charge < -0.3 is 0 Å². The molecule has 0 aromatic carbocycles. The van der Waals surface area contributed by atoms with Gasteiger partial charge in [0.05, 0.1) is 13.3 Å². The van der Waals surface area contributed by atoms with Crippen molar-refractivity contribution in [2.24, 2.45) is 0 Å². The standard InChI is InChI=1S/C4H12N6/c1-2-9(8-6-1)10-4-5-3-7-10/h5-8H,1-4H2. The molecular weight excluding hydrogens is 132 g/mol. The van der Waals surface area contributed by atoms with Gasteiger partial charge in [-0.25, -0.2) is 10.9 Å². The molecule has 2 saturated heterocycles. The van der Waals surface area contributed by atoms with Crippen LogP contribution in [0.4, 0.5) is 0 Å². The minimum absolute atomic E-state index is 0.845. The van der Waals surface area contributed by atoms with Crippen LogP contribution in [0.15, 0.2) is 0 Å². The molecule has 0 radical (unpaired) electrons. The van der Waals surface area contributed by atoms with E-state index >= 15 is 0 Å². The van der Waals surface area contributed by atoms with Crippen LogP contribution in [-0.2, 0) is 0 Å². The van der Waals surface area contributed by atoms with Crippen molar-refractivity contribution in [3.63, 3.8) is 0 Å². The number of nitrogens with one attached hydrogen (secondary N) is 4. The predicted molar refractivity (Wildman–Crippen MR) is 35.7 cm³/mol. The van der Waals surface area contributed by atoms with Crippen LogP contribution in [0.25, 0.3) is 0 Å². The van der Waals surface area contributed by atoms with Gasteiger partial charge in [0.2, 0.25) is 0 Å². The minimum atomic E-state index is 0.845. The Bertz CT molecular complexity index is 90.3. The second-order valence-electron chi connectivity index (χ2n) is 2.30. The summed E-state index contributed by atoms with van der Waals surface area (Å²) >= 11 is 0. The van der Waals surface area contributed by atoms with Crippen molar-refractivity contribution in [3.8, 4) is 0 Å². The van der Waals surface area contributed by atoms with E-state index < -0.39 is 0 Å². The molecule has 2 fully saturated rings. The summed E-state index contributed by atoms with van der Waals surface area (Å²) in [5.41, 5.74) is 9.17. The highest BCUT2D eigenvalue weighted by Gasteiger charge is 2.20. The number of nitrogens with zero attached hydrogens (tertiary/aromatic N) is 2. The first-order valence-electron chi connectivity index (χ1n) is 3.44. The zero-order valence-electron chi connectivity index (χ0n) is 5.72. The van der Waals surface area contributed by atoms with E-state index in [2.05, 4.69) is 21.7 Å². The normalized spacial score (nSPS) is 30.0. The molecule has 0 spiro atoms. The van der Waals surface area contributed by atoms with E-state index in [4.69, 9.17) is 0 Å². The maximum atomic E-state index is 3.15. The third-order valence-corrected chi connectivity index (χ3v) is 1.60. The van der Waals surface area contributed by atoms with Gasteiger partial charge in [-0.3, -0.25) is 5.32 Å². The first kappa shape index (κ1) is 6.47. The Morgan fingerprint density at radius 3 is 2.80 bits per heavy atom. The lowest BCUT2D eigenvalue weighted by Gasteiger charge is -2.24. The molecule has 2 heterocycles. The maximum absolute atomic E-state index is 3.15. The summed E-state index contributed by atoms with van der Waals surface area (Å²) in [5, 5.41) is 7.15. The monoisotopic (exact) mass is 144 g/mol. The third-order valence-electron chi connectivity index (χ3n) is 1.60. The van der Waals surface area contributed by atoms with E-state index in [1.165, 1.54) is 0 Å². The van der Waals surface area contributed by atoms with Crippen molar-refractivity contribution in [2.45, 2.75) is 0 Å². The summed E-state index contributed by atoms with van der Waals surface area (Å²) in [6, 6.07) is 0. The van der Waals surface area contributed by atoms with Gasteiger partial charge >= 0.3 is 0 Å². The quantitative estimate of drug-likeness (QED) is 0.328. The fourth-order valence-corrected chi connectivity index (χ4v) is 1.08. The van der Waals surface area contributed by atoms with Crippen LogP contribution < -0.4 is 21.7 Å². The van der Waals surface area contributed by atoms with Gasteiger partial charge in [-0.2, -0.15) is 5.53 Å². The third kappa shape index (κ3) is 1.12. The summed E-state index contributed by atoms with van der Waals surface area (Å²) in [6.07, 6.45) is 0. The maximum Gasteiger partial charge on any atom is 0.0807 e. The van der Waals surface area contributed by atoms with Crippen LogP contribution in [0.3, 0.4) is 0 Å². The molecule has 6 heteroatoms. The molecule has 0 aromatic rings. The summed E-state index contributed by atoms with van der Waals surface area (Å²) in [4.78, 5) is 0. The zero-order chi connectivity index (χ0) is 6.81. The molecule has 0 bridgehead atoms. The fourth-order valence-electron chi connectivity index (χ4n) is 1.08. The SMILES string of the molecule is C1CN(N2CNCN2)NN1. The minimum Gasteiger partial charge on any atom is -0.288 e. The number of hydrogen-bond acceptors (Lipinski definition) is 6. The molecule has 0 unspecified atom stereocenters. The van der Waals surface area contributed by atoms with E-state index in [0.717, 1.165) is 26.4 Å². The lowest BCUT2D eigenvalue weighted by Crippen LogP contribution is -2.52. The van der Waals surface area contributed by atoms with Crippen molar-refractivity contribution in [2.75, 3.05) is 26.4 Å². The van der Waals surface area contributed by atoms with Crippen LogP contribution in [0.2, 0.25) is 0 Å².